The van der Waals surface area contributed by atoms with Gasteiger partial charge in [-0.15, -0.1) is 0 Å². The Morgan fingerprint density at radius 2 is 0.969 bits per heavy atom. The van der Waals surface area contributed by atoms with E-state index in [0.29, 0.717) is 99.7 Å². The molecule has 2 atom stereocenters. The Morgan fingerprint density at radius 3 is 1.35 bits per heavy atom. The van der Waals surface area contributed by atoms with Crippen molar-refractivity contribution in [2.24, 2.45) is 0 Å². The first-order valence-electron chi connectivity index (χ1n) is 21.1. The molecule has 3 N–H and O–H groups in total. The van der Waals surface area contributed by atoms with Gasteiger partial charge in [0.25, 0.3) is 5.91 Å². The number of ether oxygens (including phenoxy) is 2. The third-order valence-electron chi connectivity index (χ3n) is 11.4. The maximum Gasteiger partial charge on any atom is 0.335 e. The summed E-state index contributed by atoms with van der Waals surface area (Å²) in [5, 5.41) is 15.9. The summed E-state index contributed by atoms with van der Waals surface area (Å²) >= 11 is 0. The van der Waals surface area contributed by atoms with Crippen LogP contribution in [-0.4, -0.2) is 87.6 Å². The Morgan fingerprint density at radius 1 is 0.569 bits per heavy atom. The standard InChI is InChI=1S/C25H25F2N3O4.C22H20F2N2O5/c1-15(28-19-12-17(26)11-18(27)13-19)20-9-16(25(32)30-3-2-4-30)10-21-22(31)14-23(34-24(20)21)29-5-7-33-8-6-29;1-12(25-16-9-14(23)8-15(24)10-16)17-6-13(22(28)29)7-18-19(27)11-20(31-21(17)18)26-2-4-30-5-3-26/h9-15,28H,2-8H2,1H3;6-12,25H,2-5H2,1H3,(H,28,29). The minimum Gasteiger partial charge on any atom is -0.478 e. The SMILES string of the molecule is CC(Nc1cc(F)cc(F)c1)c1cc(C(=O)N2CCC2)cc2c(=O)cc(N3CCOCC3)oc12.CC(Nc1cc(F)cc(F)c1)c1cc(C(=O)O)cc2c(=O)cc(N3CCOCC3)oc12. The molecule has 3 fully saturated rings. The van der Waals surface area contributed by atoms with Crippen LogP contribution >= 0.6 is 0 Å². The molecule has 340 valence electrons. The molecule has 9 rings (SSSR count). The number of hydrogen-bond acceptors (Lipinski definition) is 12. The summed E-state index contributed by atoms with van der Waals surface area (Å²) in [5.74, 6) is -3.49. The molecule has 3 aliphatic heterocycles. The van der Waals surface area contributed by atoms with Crippen molar-refractivity contribution >= 4 is 57.0 Å². The summed E-state index contributed by atoms with van der Waals surface area (Å²) in [6.45, 7) is 9.15. The fraction of sp³-hybridized carbons (Fsp3) is 0.319. The number of morpholine rings is 2. The van der Waals surface area contributed by atoms with Gasteiger partial charge >= 0.3 is 5.97 Å². The summed E-state index contributed by atoms with van der Waals surface area (Å²) in [6.07, 6.45) is 0.945. The van der Waals surface area contributed by atoms with Crippen LogP contribution in [0.15, 0.2) is 91.2 Å². The van der Waals surface area contributed by atoms with E-state index in [2.05, 4.69) is 10.6 Å². The number of aromatic carboxylic acids is 1. The van der Waals surface area contributed by atoms with Gasteiger partial charge in [0.15, 0.2) is 22.6 Å². The maximum absolute atomic E-state index is 13.7. The molecule has 14 nitrogen and oxygen atoms in total. The third-order valence-corrected chi connectivity index (χ3v) is 11.4. The van der Waals surface area contributed by atoms with Crippen LogP contribution in [-0.2, 0) is 9.47 Å². The largest absolute Gasteiger partial charge is 0.478 e. The number of likely N-dealkylation sites (tertiary alicyclic amines) is 1. The number of hydrogen-bond donors (Lipinski definition) is 3. The number of halogens is 4. The van der Waals surface area contributed by atoms with E-state index in [4.69, 9.17) is 18.3 Å². The van der Waals surface area contributed by atoms with Gasteiger partial charge in [0.05, 0.1) is 54.8 Å². The fourth-order valence-electron chi connectivity index (χ4n) is 7.95. The number of rotatable bonds is 10. The summed E-state index contributed by atoms with van der Waals surface area (Å²) in [5.41, 5.74) is 1.56. The number of nitrogens with zero attached hydrogens (tertiary/aromatic N) is 3. The number of carbonyl (C=O) groups is 2. The minimum absolute atomic E-state index is 0.0898. The first-order chi connectivity index (χ1) is 31.2. The Bertz CT molecular complexity index is 2850. The van der Waals surface area contributed by atoms with Crippen LogP contribution in [0.25, 0.3) is 21.9 Å². The lowest BCUT2D eigenvalue weighted by atomic mass is 9.99. The van der Waals surface area contributed by atoms with E-state index in [1.54, 1.807) is 30.9 Å². The quantitative estimate of drug-likeness (QED) is 0.115. The van der Waals surface area contributed by atoms with Crippen molar-refractivity contribution < 1.29 is 50.6 Å². The van der Waals surface area contributed by atoms with Crippen molar-refractivity contribution in [3.8, 4) is 0 Å². The van der Waals surface area contributed by atoms with Crippen molar-refractivity contribution in [3.05, 3.63) is 139 Å². The molecule has 2 unspecified atom stereocenters. The molecule has 18 heteroatoms. The zero-order chi connectivity index (χ0) is 45.9. The van der Waals surface area contributed by atoms with Gasteiger partial charge in [-0.1, -0.05) is 0 Å². The second-order valence-electron chi connectivity index (χ2n) is 16.0. The lowest BCUT2D eigenvalue weighted by molar-refractivity contribution is 0.0650. The van der Waals surface area contributed by atoms with Crippen molar-refractivity contribution in [3.63, 3.8) is 0 Å². The van der Waals surface area contributed by atoms with E-state index in [-0.39, 0.29) is 50.1 Å². The fourth-order valence-corrected chi connectivity index (χ4v) is 7.95. The predicted molar refractivity (Wildman–Crippen MR) is 235 cm³/mol. The normalized spacial score (nSPS) is 16.1. The summed E-state index contributed by atoms with van der Waals surface area (Å²) < 4.78 is 77.6. The first kappa shape index (κ1) is 44.7. The molecule has 0 aliphatic carbocycles. The molecule has 65 heavy (non-hydrogen) atoms. The molecule has 0 spiro atoms. The topological polar surface area (TPSA) is 167 Å². The monoisotopic (exact) mass is 899 g/mol. The zero-order valence-corrected chi connectivity index (χ0v) is 35.4. The molecule has 3 saturated heterocycles. The van der Waals surface area contributed by atoms with E-state index < -0.39 is 41.3 Å². The number of nitrogens with one attached hydrogen (secondary N) is 2. The second-order valence-corrected chi connectivity index (χ2v) is 16.0. The molecule has 3 aliphatic rings. The van der Waals surface area contributed by atoms with Gasteiger partial charge in [-0.05, 0) is 68.8 Å². The molecule has 1 amide bonds. The molecular weight excluding hydrogens is 855 g/mol. The highest BCUT2D eigenvalue weighted by molar-refractivity contribution is 5.99. The summed E-state index contributed by atoms with van der Waals surface area (Å²) in [4.78, 5) is 56.1. The number of amides is 1. The van der Waals surface area contributed by atoms with Crippen LogP contribution < -0.4 is 31.3 Å². The Balaban J connectivity index is 0.000000178. The van der Waals surface area contributed by atoms with Crippen LogP contribution in [0.5, 0.6) is 0 Å². The third kappa shape index (κ3) is 10.1. The van der Waals surface area contributed by atoms with Gasteiger partial charge < -0.3 is 48.7 Å². The minimum atomic E-state index is -1.20. The van der Waals surface area contributed by atoms with Gasteiger partial charge in [-0.2, -0.15) is 0 Å². The van der Waals surface area contributed by atoms with Crippen LogP contribution in [0.1, 0.15) is 64.2 Å². The van der Waals surface area contributed by atoms with Crippen LogP contribution in [0.3, 0.4) is 0 Å². The first-order valence-corrected chi connectivity index (χ1v) is 21.1. The Hall–Kier alpha value is -6.92. The number of fused-ring (bicyclic) bond motifs is 2. The van der Waals surface area contributed by atoms with Crippen molar-refractivity contribution in [1.29, 1.82) is 0 Å². The number of anilines is 4. The van der Waals surface area contributed by atoms with Gasteiger partial charge in [-0.3, -0.25) is 14.4 Å². The van der Waals surface area contributed by atoms with E-state index in [0.717, 1.165) is 30.7 Å². The van der Waals surface area contributed by atoms with Crippen molar-refractivity contribution in [2.45, 2.75) is 32.4 Å². The van der Waals surface area contributed by atoms with Gasteiger partial charge in [0.2, 0.25) is 0 Å². The van der Waals surface area contributed by atoms with Crippen LogP contribution in [0.2, 0.25) is 0 Å². The Kier molecular flexibility index (Phi) is 13.1. The van der Waals surface area contributed by atoms with E-state index in [1.807, 2.05) is 9.80 Å². The molecule has 2 aromatic heterocycles. The molecule has 0 bridgehead atoms. The summed E-state index contributed by atoms with van der Waals surface area (Å²) in [6, 6.07) is 13.7. The molecular formula is C47H45F4N5O9. The number of carboxylic acid groups (broad SMARTS) is 1. The molecule has 4 aromatic carbocycles. The molecule has 0 radical (unpaired) electrons. The van der Waals surface area contributed by atoms with Crippen LogP contribution in [0.4, 0.5) is 40.7 Å². The van der Waals surface area contributed by atoms with Crippen molar-refractivity contribution in [1.82, 2.24) is 4.90 Å². The van der Waals surface area contributed by atoms with Gasteiger partial charge in [-0.25, -0.2) is 22.4 Å². The zero-order valence-electron chi connectivity index (χ0n) is 35.4. The highest BCUT2D eigenvalue weighted by atomic mass is 19.1. The Labute approximate surface area is 368 Å². The van der Waals surface area contributed by atoms with E-state index >= 15 is 0 Å². The lowest BCUT2D eigenvalue weighted by Gasteiger charge is -2.31. The average Bonchev–Trinajstić information content (AvgIpc) is 3.25. The lowest BCUT2D eigenvalue weighted by Crippen LogP contribution is -2.42. The average molecular weight is 900 g/mol. The number of carbonyl (C=O) groups excluding carboxylic acids is 1. The summed E-state index contributed by atoms with van der Waals surface area (Å²) in [7, 11) is 0. The molecule has 0 saturated carbocycles. The second kappa shape index (κ2) is 19.0. The van der Waals surface area contributed by atoms with Gasteiger partial charge in [0.1, 0.15) is 34.4 Å². The predicted octanol–water partition coefficient (Wildman–Crippen LogP) is 7.71. The van der Waals surface area contributed by atoms with E-state index in [9.17, 15) is 41.8 Å². The maximum atomic E-state index is 13.7. The smallest absolute Gasteiger partial charge is 0.335 e. The molecule has 5 heterocycles. The number of benzene rings is 4. The number of carboxylic acids is 1. The molecule has 6 aromatic rings. The highest BCUT2D eigenvalue weighted by Gasteiger charge is 2.27. The van der Waals surface area contributed by atoms with Gasteiger partial charge in [0, 0.05) is 91.6 Å². The van der Waals surface area contributed by atoms with Crippen molar-refractivity contribution in [2.75, 3.05) is 86.1 Å². The van der Waals surface area contributed by atoms with E-state index in [1.165, 1.54) is 36.4 Å². The van der Waals surface area contributed by atoms with Crippen LogP contribution in [0, 0.1) is 23.3 Å². The highest BCUT2D eigenvalue weighted by Crippen LogP contribution is 2.33.